The van der Waals surface area contributed by atoms with Crippen molar-refractivity contribution in [3.8, 4) is 5.75 Å². The summed E-state index contributed by atoms with van der Waals surface area (Å²) in [6.07, 6.45) is 0.861. The van der Waals surface area contributed by atoms with Gasteiger partial charge >= 0.3 is 0 Å². The van der Waals surface area contributed by atoms with E-state index in [1.165, 1.54) is 0 Å². The van der Waals surface area contributed by atoms with Crippen LogP contribution in [0.2, 0.25) is 0 Å². The molecular formula is C13H20N4O. The zero-order valence-corrected chi connectivity index (χ0v) is 11.3. The van der Waals surface area contributed by atoms with Gasteiger partial charge in [-0.1, -0.05) is 20.8 Å². The van der Waals surface area contributed by atoms with Gasteiger partial charge in [0.05, 0.1) is 7.11 Å². The Morgan fingerprint density at radius 1 is 1.39 bits per heavy atom. The maximum atomic E-state index is 7.03. The van der Waals surface area contributed by atoms with Crippen LogP contribution in [0.4, 0.5) is 0 Å². The molecule has 0 radical (unpaired) electrons. The van der Waals surface area contributed by atoms with Crippen molar-refractivity contribution in [2.45, 2.75) is 27.2 Å². The lowest BCUT2D eigenvalue weighted by atomic mass is 9.87. The van der Waals surface area contributed by atoms with Crippen LogP contribution in [-0.4, -0.2) is 12.9 Å². The second-order valence-corrected chi connectivity index (χ2v) is 5.33. The largest absolute Gasteiger partial charge is 0.496 e. The summed E-state index contributed by atoms with van der Waals surface area (Å²) in [7, 11) is 1.65. The Hall–Kier alpha value is -1.91. The molecule has 0 aliphatic rings. The normalized spacial score (nSPS) is 12.3. The van der Waals surface area contributed by atoms with Crippen molar-refractivity contribution in [1.29, 1.82) is 5.53 Å². The minimum atomic E-state index is 0.143. The van der Waals surface area contributed by atoms with Crippen LogP contribution in [0, 0.1) is 10.9 Å². The Morgan fingerprint density at radius 3 is 2.50 bits per heavy atom. The first-order valence-electron chi connectivity index (χ1n) is 5.74. The van der Waals surface area contributed by atoms with E-state index in [0.717, 1.165) is 23.3 Å². The number of hydrazone groups is 1. The molecule has 0 saturated heterocycles. The fraction of sp³-hybridized carbons (Fsp3) is 0.462. The predicted molar refractivity (Wildman–Crippen MR) is 72.0 cm³/mol. The van der Waals surface area contributed by atoms with Gasteiger partial charge in [0.25, 0.3) is 0 Å². The molecule has 1 rings (SSSR count). The van der Waals surface area contributed by atoms with Crippen molar-refractivity contribution in [2.24, 2.45) is 21.5 Å². The molecule has 0 amide bonds. The van der Waals surface area contributed by atoms with E-state index in [1.54, 1.807) is 13.2 Å². The minimum Gasteiger partial charge on any atom is -0.496 e. The summed E-state index contributed by atoms with van der Waals surface area (Å²) in [5.74, 6) is 6.25. The van der Waals surface area contributed by atoms with E-state index in [2.05, 4.69) is 31.0 Å². The van der Waals surface area contributed by atoms with Crippen LogP contribution in [0.25, 0.3) is 0 Å². The van der Waals surface area contributed by atoms with E-state index < -0.39 is 0 Å². The second-order valence-electron chi connectivity index (χ2n) is 5.33. The predicted octanol–water partition coefficient (Wildman–Crippen LogP) is 2.94. The number of methoxy groups -OCH3 is 1. The van der Waals surface area contributed by atoms with Crippen molar-refractivity contribution < 1.29 is 4.74 Å². The third-order valence-corrected chi connectivity index (χ3v) is 2.49. The van der Waals surface area contributed by atoms with Gasteiger partial charge < -0.3 is 10.6 Å². The average Bonchev–Trinajstić information content (AvgIpc) is 2.29. The van der Waals surface area contributed by atoms with E-state index >= 15 is 0 Å². The zero-order valence-electron chi connectivity index (χ0n) is 11.3. The Balaban J connectivity index is 3.21. The highest BCUT2D eigenvalue weighted by Gasteiger charge is 2.16. The van der Waals surface area contributed by atoms with E-state index in [4.69, 9.17) is 16.1 Å². The van der Waals surface area contributed by atoms with Crippen LogP contribution in [0.5, 0.6) is 5.75 Å². The fourth-order valence-electron chi connectivity index (χ4n) is 1.80. The molecule has 0 spiro atoms. The van der Waals surface area contributed by atoms with Gasteiger partial charge in [0.15, 0.2) is 5.84 Å². The lowest BCUT2D eigenvalue weighted by molar-refractivity contribution is 0.379. The number of hydrogen-bond donors (Lipinski definition) is 2. The average molecular weight is 248 g/mol. The molecule has 18 heavy (non-hydrogen) atoms. The number of amidine groups is 1. The summed E-state index contributed by atoms with van der Waals surface area (Å²) < 4.78 is 5.34. The molecule has 0 bridgehead atoms. The van der Waals surface area contributed by atoms with Gasteiger partial charge in [0.1, 0.15) is 5.75 Å². The Bertz CT molecular complexity index is 461. The van der Waals surface area contributed by atoms with Crippen LogP contribution in [0.3, 0.4) is 0 Å². The molecule has 1 aromatic carbocycles. The van der Waals surface area contributed by atoms with E-state index in [0.29, 0.717) is 0 Å². The lowest BCUT2D eigenvalue weighted by Crippen LogP contribution is -2.11. The maximum absolute atomic E-state index is 7.03. The lowest BCUT2D eigenvalue weighted by Gasteiger charge is -2.20. The van der Waals surface area contributed by atoms with Gasteiger partial charge in [-0.3, -0.25) is 0 Å². The van der Waals surface area contributed by atoms with Crippen LogP contribution in [0.15, 0.2) is 28.4 Å². The molecule has 3 N–H and O–H groups in total. The summed E-state index contributed by atoms with van der Waals surface area (Å²) in [4.78, 5) is 0. The highest BCUT2D eigenvalue weighted by Crippen LogP contribution is 2.28. The number of benzene rings is 1. The van der Waals surface area contributed by atoms with Gasteiger partial charge in [0, 0.05) is 5.56 Å². The first-order chi connectivity index (χ1) is 8.41. The molecule has 0 fully saturated rings. The number of hydrogen-bond acceptors (Lipinski definition) is 4. The number of ether oxygens (including phenoxy) is 1. The highest BCUT2D eigenvalue weighted by atomic mass is 16.5. The molecule has 0 aromatic heterocycles. The topological polar surface area (TPSA) is 83.8 Å². The Kier molecular flexibility index (Phi) is 4.42. The number of nitrogens with two attached hydrogens (primary N) is 1. The molecule has 0 heterocycles. The number of rotatable bonds is 3. The third kappa shape index (κ3) is 3.55. The van der Waals surface area contributed by atoms with Gasteiger partial charge in [-0.25, -0.2) is 5.53 Å². The molecular weight excluding hydrogens is 228 g/mol. The zero-order chi connectivity index (χ0) is 13.8. The van der Waals surface area contributed by atoms with Crippen LogP contribution in [0.1, 0.15) is 31.9 Å². The van der Waals surface area contributed by atoms with E-state index in [-0.39, 0.29) is 11.3 Å². The molecule has 98 valence electrons. The van der Waals surface area contributed by atoms with Gasteiger partial charge in [0.2, 0.25) is 0 Å². The van der Waals surface area contributed by atoms with Gasteiger partial charge in [-0.2, -0.15) is 5.10 Å². The van der Waals surface area contributed by atoms with Crippen molar-refractivity contribution in [3.63, 3.8) is 0 Å². The second kappa shape index (κ2) is 5.62. The molecule has 1 aromatic rings. The molecule has 0 unspecified atom stereocenters. The van der Waals surface area contributed by atoms with Crippen molar-refractivity contribution in [2.75, 3.05) is 7.11 Å². The third-order valence-electron chi connectivity index (χ3n) is 2.49. The van der Waals surface area contributed by atoms with Gasteiger partial charge in [-0.05, 0) is 35.6 Å². The summed E-state index contributed by atoms with van der Waals surface area (Å²) in [6.45, 7) is 6.48. The van der Waals surface area contributed by atoms with E-state index in [1.807, 2.05) is 12.1 Å². The molecule has 5 nitrogen and oxygen atoms in total. The Morgan fingerprint density at radius 2 is 2.06 bits per heavy atom. The van der Waals surface area contributed by atoms with Crippen molar-refractivity contribution >= 4 is 5.84 Å². The summed E-state index contributed by atoms with van der Waals surface area (Å²) in [5.41, 5.74) is 8.96. The SMILES string of the molecule is COc1ccc(/C(N=N)=N/N)cc1CC(C)(C)C. The summed E-state index contributed by atoms with van der Waals surface area (Å²) in [5, 5.41) is 6.80. The molecule has 0 aliphatic carbocycles. The number of nitrogens with one attached hydrogen (secondary N) is 1. The monoisotopic (exact) mass is 248 g/mol. The maximum Gasteiger partial charge on any atom is 0.199 e. The van der Waals surface area contributed by atoms with Crippen molar-refractivity contribution in [3.05, 3.63) is 29.3 Å². The molecule has 0 aliphatic heterocycles. The van der Waals surface area contributed by atoms with Gasteiger partial charge in [-0.15, -0.1) is 5.11 Å². The Labute approximate surface area is 108 Å². The summed E-state index contributed by atoms with van der Waals surface area (Å²) in [6, 6.07) is 5.58. The smallest absolute Gasteiger partial charge is 0.199 e. The quantitative estimate of drug-likeness (QED) is 0.283. The number of nitrogens with zero attached hydrogens (tertiary/aromatic N) is 2. The van der Waals surface area contributed by atoms with Crippen LogP contribution >= 0.6 is 0 Å². The first kappa shape index (κ1) is 14.2. The fourth-order valence-corrected chi connectivity index (χ4v) is 1.80. The van der Waals surface area contributed by atoms with Crippen molar-refractivity contribution in [1.82, 2.24) is 0 Å². The molecule has 0 saturated carbocycles. The van der Waals surface area contributed by atoms with E-state index in [9.17, 15) is 0 Å². The first-order valence-corrected chi connectivity index (χ1v) is 5.74. The summed E-state index contributed by atoms with van der Waals surface area (Å²) >= 11 is 0. The van der Waals surface area contributed by atoms with Crippen LogP contribution < -0.4 is 10.6 Å². The van der Waals surface area contributed by atoms with Crippen LogP contribution in [-0.2, 0) is 6.42 Å². The standard InChI is InChI=1S/C13H20N4O/c1-13(2,3)8-10-7-9(12(16-14)17-15)5-6-11(10)18-4/h5-7,14H,8,15H2,1-4H3/b16-14?,17-12-. The molecule has 0 atom stereocenters. The minimum absolute atomic E-state index is 0.143. The highest BCUT2D eigenvalue weighted by molar-refractivity contribution is 5.99. The molecule has 5 heteroatoms.